The fraction of sp³-hybridized carbons (Fsp3) is 0.520. The molecule has 2 aromatic heterocycles. The molecule has 1 N–H and O–H groups in total. The van der Waals surface area contributed by atoms with E-state index in [1.54, 1.807) is 29.3 Å². The van der Waals surface area contributed by atoms with Crippen molar-refractivity contribution in [2.45, 2.75) is 44.4 Å². The van der Waals surface area contributed by atoms with E-state index >= 15 is 0 Å². The Hall–Kier alpha value is -3.35. The van der Waals surface area contributed by atoms with E-state index in [1.807, 2.05) is 17.0 Å². The number of anilines is 3. The zero-order chi connectivity index (χ0) is 26.5. The summed E-state index contributed by atoms with van der Waals surface area (Å²) in [5, 5.41) is 8.66. The third-order valence-electron chi connectivity index (χ3n) is 7.84. The summed E-state index contributed by atoms with van der Waals surface area (Å²) in [4.78, 5) is 13.0. The minimum Gasteiger partial charge on any atom is -0.370 e. The van der Waals surface area contributed by atoms with Crippen LogP contribution in [-0.2, 0) is 10.0 Å². The summed E-state index contributed by atoms with van der Waals surface area (Å²) in [5.74, 6) is -2.10. The lowest BCUT2D eigenvalue weighted by molar-refractivity contribution is -0.0221. The fourth-order valence-electron chi connectivity index (χ4n) is 5.34. The molecule has 1 aliphatic carbocycles. The van der Waals surface area contributed by atoms with Gasteiger partial charge in [-0.2, -0.15) is 0 Å². The van der Waals surface area contributed by atoms with Gasteiger partial charge in [-0.05, 0) is 49.3 Å². The number of piperidine rings is 2. The fourth-order valence-corrected chi connectivity index (χ4v) is 5.90. The lowest BCUT2D eigenvalue weighted by Crippen LogP contribution is -2.39. The molecule has 0 unspecified atom stereocenters. The highest BCUT2D eigenvalue weighted by Crippen LogP contribution is 2.54. The third kappa shape index (κ3) is 5.29. The highest BCUT2D eigenvalue weighted by Gasteiger charge is 2.44. The molecule has 3 fully saturated rings. The van der Waals surface area contributed by atoms with Gasteiger partial charge < -0.3 is 9.80 Å². The van der Waals surface area contributed by atoms with Crippen molar-refractivity contribution in [2.75, 3.05) is 47.0 Å². The van der Waals surface area contributed by atoms with Crippen LogP contribution < -0.4 is 14.5 Å². The molecule has 0 bridgehead atoms. The van der Waals surface area contributed by atoms with Crippen molar-refractivity contribution in [3.8, 4) is 17.1 Å². The van der Waals surface area contributed by atoms with E-state index in [-0.39, 0.29) is 25.9 Å². The van der Waals surface area contributed by atoms with Crippen LogP contribution in [0.25, 0.3) is 17.1 Å². The quantitative estimate of drug-likeness (QED) is 0.500. The number of hydrogen-bond acceptors (Lipinski definition) is 8. The topological polar surface area (TPSA) is 109 Å². The van der Waals surface area contributed by atoms with Crippen LogP contribution in [0.1, 0.15) is 38.5 Å². The number of benzene rings is 1. The van der Waals surface area contributed by atoms with Crippen LogP contribution in [0.15, 0.2) is 36.8 Å². The Bertz CT molecular complexity index is 1440. The van der Waals surface area contributed by atoms with Crippen LogP contribution in [0.5, 0.6) is 0 Å². The van der Waals surface area contributed by atoms with E-state index < -0.39 is 15.9 Å². The summed E-state index contributed by atoms with van der Waals surface area (Å²) < 4.78 is 55.1. The first-order valence-corrected chi connectivity index (χ1v) is 14.7. The maximum Gasteiger partial charge on any atom is 0.251 e. The van der Waals surface area contributed by atoms with E-state index in [1.165, 1.54) is 12.8 Å². The zero-order valence-corrected chi connectivity index (χ0v) is 22.0. The number of rotatable bonds is 6. The lowest BCUT2D eigenvalue weighted by Gasteiger charge is -2.35. The van der Waals surface area contributed by atoms with Gasteiger partial charge in [-0.3, -0.25) is 9.71 Å². The van der Waals surface area contributed by atoms with Crippen LogP contribution in [0.4, 0.5) is 26.0 Å². The Morgan fingerprint density at radius 1 is 0.895 bits per heavy atom. The second-order valence-electron chi connectivity index (χ2n) is 10.7. The van der Waals surface area contributed by atoms with E-state index in [4.69, 9.17) is 0 Å². The first kappa shape index (κ1) is 25.0. The number of hydrogen-bond donors (Lipinski definition) is 1. The van der Waals surface area contributed by atoms with E-state index in [9.17, 15) is 17.2 Å². The van der Waals surface area contributed by atoms with E-state index in [0.29, 0.717) is 28.3 Å². The van der Waals surface area contributed by atoms with Gasteiger partial charge in [0.2, 0.25) is 10.0 Å². The Balaban J connectivity index is 1.28. The van der Waals surface area contributed by atoms with Gasteiger partial charge >= 0.3 is 0 Å². The van der Waals surface area contributed by atoms with Crippen molar-refractivity contribution < 1.29 is 17.2 Å². The summed E-state index contributed by atoms with van der Waals surface area (Å²) in [7, 11) is -3.43. The molecule has 0 amide bonds. The van der Waals surface area contributed by atoms with Gasteiger partial charge in [0.05, 0.1) is 41.9 Å². The van der Waals surface area contributed by atoms with Crippen molar-refractivity contribution >= 4 is 27.2 Å². The molecular weight excluding hydrogens is 514 g/mol. The SMILES string of the molecule is CS(=O)(=O)Nc1ccc(-n2cc(-c3cncc(N4CCC(F)(F)CC4)n3)nn2)c(N2CCC3(CC2)CC3)c1. The lowest BCUT2D eigenvalue weighted by atomic mass is 9.93. The van der Waals surface area contributed by atoms with Crippen LogP contribution in [0.2, 0.25) is 0 Å². The van der Waals surface area contributed by atoms with Gasteiger partial charge in [-0.1, -0.05) is 5.21 Å². The largest absolute Gasteiger partial charge is 0.370 e. The van der Waals surface area contributed by atoms with Crippen LogP contribution in [-0.4, -0.2) is 71.7 Å². The first-order valence-electron chi connectivity index (χ1n) is 12.8. The number of alkyl halides is 2. The van der Waals surface area contributed by atoms with Crippen LogP contribution >= 0.6 is 0 Å². The molecule has 0 atom stereocenters. The van der Waals surface area contributed by atoms with Gasteiger partial charge in [0.25, 0.3) is 5.92 Å². The molecule has 0 radical (unpaired) electrons. The Morgan fingerprint density at radius 3 is 2.29 bits per heavy atom. The molecule has 6 rings (SSSR count). The Labute approximate surface area is 220 Å². The van der Waals surface area contributed by atoms with Crippen molar-refractivity contribution in [1.82, 2.24) is 25.0 Å². The maximum absolute atomic E-state index is 13.6. The number of aromatic nitrogens is 5. The van der Waals surface area contributed by atoms with Crippen LogP contribution in [0, 0.1) is 5.41 Å². The smallest absolute Gasteiger partial charge is 0.251 e. The minimum absolute atomic E-state index is 0.209. The van der Waals surface area contributed by atoms with Crippen molar-refractivity contribution in [3.05, 3.63) is 36.8 Å². The van der Waals surface area contributed by atoms with Gasteiger partial charge in [0.1, 0.15) is 17.2 Å². The third-order valence-corrected chi connectivity index (χ3v) is 8.45. The Morgan fingerprint density at radius 2 is 1.61 bits per heavy atom. The molecule has 1 spiro atoms. The highest BCUT2D eigenvalue weighted by molar-refractivity contribution is 7.92. The van der Waals surface area contributed by atoms with Crippen molar-refractivity contribution in [1.29, 1.82) is 0 Å². The molecule has 3 aromatic rings. The zero-order valence-electron chi connectivity index (χ0n) is 21.1. The van der Waals surface area contributed by atoms with E-state index in [2.05, 4.69) is 29.9 Å². The molecule has 1 aromatic carbocycles. The standard InChI is InChI=1S/C25H30F2N8O2S/c1-38(36,37)31-18-2-3-21(22(14-18)33-10-6-24(4-5-24)7-11-33)35-17-20(30-32-35)19-15-28-16-23(29-19)34-12-8-25(26,27)9-13-34/h2-3,14-17,31H,4-13H2,1H3. The summed E-state index contributed by atoms with van der Waals surface area (Å²) >= 11 is 0. The van der Waals surface area contributed by atoms with Crippen molar-refractivity contribution in [3.63, 3.8) is 0 Å². The monoisotopic (exact) mass is 544 g/mol. The Kier molecular flexibility index (Phi) is 6.00. The van der Waals surface area contributed by atoms with Gasteiger partial charge in [-0.25, -0.2) is 26.9 Å². The number of halogens is 2. The molecule has 38 heavy (non-hydrogen) atoms. The van der Waals surface area contributed by atoms with Crippen molar-refractivity contribution in [2.24, 2.45) is 5.41 Å². The summed E-state index contributed by atoms with van der Waals surface area (Å²) in [5.41, 5.74) is 3.63. The average Bonchev–Trinajstić information content (AvgIpc) is 3.44. The minimum atomic E-state index is -3.43. The van der Waals surface area contributed by atoms with Gasteiger partial charge in [-0.15, -0.1) is 5.10 Å². The second kappa shape index (κ2) is 9.14. The van der Waals surface area contributed by atoms with Gasteiger partial charge in [0.15, 0.2) is 0 Å². The molecule has 2 saturated heterocycles. The molecule has 2 aliphatic heterocycles. The number of nitrogens with zero attached hydrogens (tertiary/aromatic N) is 7. The normalized spacial score (nSPS) is 20.5. The molecular formula is C25H30F2N8O2S. The number of nitrogens with one attached hydrogen (secondary N) is 1. The highest BCUT2D eigenvalue weighted by atomic mass is 32.2. The number of sulfonamides is 1. The van der Waals surface area contributed by atoms with Crippen LogP contribution in [0.3, 0.4) is 0 Å². The molecule has 10 nitrogen and oxygen atoms in total. The predicted octanol–water partition coefficient (Wildman–Crippen LogP) is 3.71. The first-order chi connectivity index (χ1) is 18.1. The predicted molar refractivity (Wildman–Crippen MR) is 140 cm³/mol. The summed E-state index contributed by atoms with van der Waals surface area (Å²) in [6.07, 6.45) is 10.4. The molecule has 4 heterocycles. The molecule has 13 heteroatoms. The van der Waals surface area contributed by atoms with Gasteiger partial charge in [0, 0.05) is 39.0 Å². The second-order valence-corrected chi connectivity index (χ2v) is 12.5. The van der Waals surface area contributed by atoms with E-state index in [0.717, 1.165) is 43.6 Å². The summed E-state index contributed by atoms with van der Waals surface area (Å²) in [6, 6.07) is 5.38. The average molecular weight is 545 g/mol. The maximum atomic E-state index is 13.6. The molecule has 202 valence electrons. The molecule has 3 aliphatic rings. The summed E-state index contributed by atoms with van der Waals surface area (Å²) in [6.45, 7) is 2.21. The molecule has 1 saturated carbocycles.